The highest BCUT2D eigenvalue weighted by Gasteiger charge is 2.30. The molecule has 0 aliphatic heterocycles. The third-order valence-electron chi connectivity index (χ3n) is 3.62. The van der Waals surface area contributed by atoms with Crippen molar-refractivity contribution in [2.45, 2.75) is 25.8 Å². The van der Waals surface area contributed by atoms with E-state index >= 15 is 0 Å². The van der Waals surface area contributed by atoms with Gasteiger partial charge in [-0.05, 0) is 36.8 Å². The summed E-state index contributed by atoms with van der Waals surface area (Å²) in [5, 5.41) is 12.9. The lowest BCUT2D eigenvalue weighted by molar-refractivity contribution is 0.251. The Kier molecular flexibility index (Phi) is 3.59. The monoisotopic (exact) mass is 260 g/mol. The lowest BCUT2D eigenvalue weighted by atomic mass is 9.98. The third kappa shape index (κ3) is 2.78. The molecule has 0 aromatic heterocycles. The number of nitrogens with zero attached hydrogens (tertiary/aromatic N) is 2. The minimum atomic E-state index is -0.142. The molecular formula is C13H20N6. The van der Waals surface area contributed by atoms with Gasteiger partial charge in [-0.2, -0.15) is 0 Å². The number of hydrogen-bond acceptors (Lipinski definition) is 2. The van der Waals surface area contributed by atoms with Crippen molar-refractivity contribution in [2.75, 3.05) is 0 Å². The van der Waals surface area contributed by atoms with Crippen LogP contribution in [0.2, 0.25) is 0 Å². The molecule has 0 heterocycles. The highest BCUT2D eigenvalue weighted by Crippen LogP contribution is 2.30. The van der Waals surface area contributed by atoms with E-state index in [4.69, 9.17) is 22.6 Å². The largest absolute Gasteiger partial charge is 0.369 e. The maximum atomic E-state index is 7.59. The second kappa shape index (κ2) is 5.17. The molecule has 1 aliphatic rings. The first-order valence-electron chi connectivity index (χ1n) is 6.28. The molecule has 0 saturated heterocycles. The summed E-state index contributed by atoms with van der Waals surface area (Å²) in [6.45, 7) is 1.99. The Morgan fingerprint density at radius 2 is 1.79 bits per heavy atom. The molecule has 19 heavy (non-hydrogen) atoms. The molecule has 1 aliphatic carbocycles. The molecule has 0 saturated carbocycles. The number of guanidine groups is 2. The van der Waals surface area contributed by atoms with Crippen molar-refractivity contribution >= 4 is 11.9 Å². The summed E-state index contributed by atoms with van der Waals surface area (Å²) in [4.78, 5) is 0. The van der Waals surface area contributed by atoms with Gasteiger partial charge in [-0.3, -0.25) is 5.41 Å². The Balaban J connectivity index is 2.15. The predicted octanol–water partition coefficient (Wildman–Crippen LogP) is 0.174. The van der Waals surface area contributed by atoms with Crippen molar-refractivity contribution < 1.29 is 0 Å². The van der Waals surface area contributed by atoms with Gasteiger partial charge in [0, 0.05) is 0 Å². The zero-order valence-corrected chi connectivity index (χ0v) is 11.0. The number of hydrogen-bond donors (Lipinski definition) is 4. The topological polar surface area (TPSA) is 118 Å². The van der Waals surface area contributed by atoms with E-state index in [0.29, 0.717) is 5.92 Å². The summed E-state index contributed by atoms with van der Waals surface area (Å²) in [6.07, 6.45) is 1.92. The van der Waals surface area contributed by atoms with Crippen molar-refractivity contribution in [3.05, 3.63) is 35.4 Å². The lowest BCUT2D eigenvalue weighted by Gasteiger charge is -2.29. The molecule has 0 amide bonds. The molecule has 0 radical (unpaired) electrons. The van der Waals surface area contributed by atoms with Crippen LogP contribution in [0.1, 0.15) is 18.1 Å². The fourth-order valence-corrected chi connectivity index (χ4v) is 2.62. The van der Waals surface area contributed by atoms with E-state index in [2.05, 4.69) is 17.2 Å². The molecule has 2 rings (SSSR count). The Labute approximate surface area is 112 Å². The fourth-order valence-electron chi connectivity index (χ4n) is 2.62. The van der Waals surface area contributed by atoms with Crippen molar-refractivity contribution in [3.63, 3.8) is 0 Å². The Bertz CT molecular complexity index is 481. The second-order valence-electron chi connectivity index (χ2n) is 4.93. The summed E-state index contributed by atoms with van der Waals surface area (Å²) in [5.41, 5.74) is 19.0. The van der Waals surface area contributed by atoms with Crippen LogP contribution >= 0.6 is 0 Å². The molecule has 1 aromatic rings. The summed E-state index contributed by atoms with van der Waals surface area (Å²) < 4.78 is 0. The van der Waals surface area contributed by atoms with Gasteiger partial charge in [0.1, 0.15) is 0 Å². The van der Waals surface area contributed by atoms with Gasteiger partial charge in [-0.25, -0.2) is 5.01 Å². The van der Waals surface area contributed by atoms with Crippen LogP contribution in [0.15, 0.2) is 29.4 Å². The molecule has 6 heteroatoms. The highest BCUT2D eigenvalue weighted by molar-refractivity contribution is 5.80. The molecule has 0 spiro atoms. The van der Waals surface area contributed by atoms with Crippen LogP contribution in [-0.2, 0) is 12.8 Å². The number of rotatable bonds is 3. The van der Waals surface area contributed by atoms with Crippen molar-refractivity contribution in [2.24, 2.45) is 28.2 Å². The predicted molar refractivity (Wildman–Crippen MR) is 76.4 cm³/mol. The van der Waals surface area contributed by atoms with E-state index in [-0.39, 0.29) is 18.0 Å². The Hall–Kier alpha value is -2.24. The van der Waals surface area contributed by atoms with Crippen LogP contribution in [0.25, 0.3) is 0 Å². The maximum absolute atomic E-state index is 7.59. The van der Waals surface area contributed by atoms with Crippen LogP contribution in [0.5, 0.6) is 0 Å². The van der Waals surface area contributed by atoms with Crippen molar-refractivity contribution in [3.8, 4) is 0 Å². The minimum Gasteiger partial charge on any atom is -0.369 e. The molecule has 1 unspecified atom stereocenters. The highest BCUT2D eigenvalue weighted by atomic mass is 15.5. The number of nitrogens with one attached hydrogen (secondary N) is 1. The van der Waals surface area contributed by atoms with E-state index in [9.17, 15) is 0 Å². The van der Waals surface area contributed by atoms with Gasteiger partial charge >= 0.3 is 0 Å². The minimum absolute atomic E-state index is 0.0213. The summed E-state index contributed by atoms with van der Waals surface area (Å²) in [7, 11) is 0. The molecule has 1 aromatic carbocycles. The summed E-state index contributed by atoms with van der Waals surface area (Å²) in [5.74, 6) is 0.124. The number of benzene rings is 1. The van der Waals surface area contributed by atoms with Crippen LogP contribution in [0, 0.1) is 11.3 Å². The average molecular weight is 260 g/mol. The maximum Gasteiger partial charge on any atom is 0.209 e. The molecular weight excluding hydrogens is 240 g/mol. The van der Waals surface area contributed by atoms with Gasteiger partial charge in [-0.1, -0.05) is 24.3 Å². The number of fused-ring (bicyclic) bond motifs is 1. The molecule has 6 nitrogen and oxygen atoms in total. The van der Waals surface area contributed by atoms with E-state index in [0.717, 1.165) is 12.8 Å². The van der Waals surface area contributed by atoms with E-state index in [1.165, 1.54) is 16.1 Å². The van der Waals surface area contributed by atoms with E-state index in [1.807, 2.05) is 19.1 Å². The van der Waals surface area contributed by atoms with Crippen LogP contribution < -0.4 is 17.2 Å². The Morgan fingerprint density at radius 1 is 1.26 bits per heavy atom. The first kappa shape index (κ1) is 13.2. The van der Waals surface area contributed by atoms with Crippen LogP contribution in [-0.4, -0.2) is 23.0 Å². The van der Waals surface area contributed by atoms with Gasteiger partial charge in [0.25, 0.3) is 0 Å². The molecule has 102 valence electrons. The van der Waals surface area contributed by atoms with Gasteiger partial charge < -0.3 is 17.2 Å². The van der Waals surface area contributed by atoms with Gasteiger partial charge in [0.15, 0.2) is 0 Å². The quantitative estimate of drug-likeness (QED) is 0.352. The van der Waals surface area contributed by atoms with E-state index < -0.39 is 0 Å². The van der Waals surface area contributed by atoms with Crippen LogP contribution in [0.4, 0.5) is 0 Å². The number of hydrazone groups is 1. The molecule has 0 fully saturated rings. The van der Waals surface area contributed by atoms with Crippen molar-refractivity contribution in [1.82, 2.24) is 5.01 Å². The standard InChI is InChI=1S/C13H20N6/c1-8(19(13(16)17)18-12(14)15)11-6-9-4-2-3-5-10(9)7-11/h2-5,8,11H,6-7H2,1H3,(H3,16,17)(H4,14,15,18). The molecule has 7 N–H and O–H groups in total. The zero-order chi connectivity index (χ0) is 14.0. The SMILES string of the molecule is CC(C1Cc2ccccc2C1)N(N=C(N)N)C(=N)N. The normalized spacial score (nSPS) is 15.6. The molecule has 0 bridgehead atoms. The smallest absolute Gasteiger partial charge is 0.209 e. The van der Waals surface area contributed by atoms with Gasteiger partial charge in [-0.15, -0.1) is 5.10 Å². The van der Waals surface area contributed by atoms with Gasteiger partial charge in [0.2, 0.25) is 11.9 Å². The van der Waals surface area contributed by atoms with Crippen molar-refractivity contribution in [1.29, 1.82) is 5.41 Å². The summed E-state index contributed by atoms with van der Waals surface area (Å²) in [6, 6.07) is 8.35. The second-order valence-corrected chi connectivity index (χ2v) is 4.93. The third-order valence-corrected chi connectivity index (χ3v) is 3.62. The first-order chi connectivity index (χ1) is 8.99. The molecule has 1 atom stereocenters. The number of nitrogens with two attached hydrogens (primary N) is 3. The average Bonchev–Trinajstić information content (AvgIpc) is 2.78. The summed E-state index contributed by atoms with van der Waals surface area (Å²) >= 11 is 0. The van der Waals surface area contributed by atoms with Crippen LogP contribution in [0.3, 0.4) is 0 Å². The zero-order valence-electron chi connectivity index (χ0n) is 11.0. The van der Waals surface area contributed by atoms with Gasteiger partial charge in [0.05, 0.1) is 6.04 Å². The fraction of sp³-hybridized carbons (Fsp3) is 0.385. The van der Waals surface area contributed by atoms with E-state index in [1.54, 1.807) is 0 Å². The first-order valence-corrected chi connectivity index (χ1v) is 6.28. The Morgan fingerprint density at radius 3 is 2.21 bits per heavy atom. The lowest BCUT2D eigenvalue weighted by Crippen LogP contribution is -2.45.